The Morgan fingerprint density at radius 2 is 1.37 bits per heavy atom. The van der Waals surface area contributed by atoms with Gasteiger partial charge in [0.1, 0.15) is 12.1 Å². The number of aliphatic hydroxyl groups excluding tert-OH is 2. The Balaban J connectivity index is 5.25. The summed E-state index contributed by atoms with van der Waals surface area (Å²) in [5, 5.41) is 42.4. The highest BCUT2D eigenvalue weighted by Gasteiger charge is 2.32. The molecule has 0 aliphatic carbocycles. The number of carboxylic acids is 2. The summed E-state index contributed by atoms with van der Waals surface area (Å²) in [7, 11) is 0. The molecule has 0 saturated carbocycles. The van der Waals surface area contributed by atoms with E-state index in [1.165, 1.54) is 6.92 Å². The van der Waals surface area contributed by atoms with Gasteiger partial charge in [0.25, 0.3) is 0 Å². The monoisotopic (exact) mass is 392 g/mol. The highest BCUT2D eigenvalue weighted by Crippen LogP contribution is 2.00. The normalized spacial score (nSPS) is 16.2. The minimum atomic E-state index is -1.74. The fourth-order valence-corrected chi connectivity index (χ4v) is 1.80. The molecule has 0 radical (unpaired) electrons. The maximum absolute atomic E-state index is 12.1. The van der Waals surface area contributed by atoms with E-state index in [9.17, 15) is 34.2 Å². The van der Waals surface area contributed by atoms with E-state index in [4.69, 9.17) is 15.9 Å². The summed E-state index contributed by atoms with van der Waals surface area (Å²) in [6, 6.07) is -5.97. The fraction of sp³-hybridized carbons (Fsp3) is 0.643. The second kappa shape index (κ2) is 11.1. The topological polar surface area (TPSA) is 228 Å². The van der Waals surface area contributed by atoms with Crippen molar-refractivity contribution in [2.75, 3.05) is 6.61 Å². The van der Waals surface area contributed by atoms with E-state index in [1.54, 1.807) is 0 Å². The van der Waals surface area contributed by atoms with Crippen LogP contribution < -0.4 is 21.7 Å². The SMILES string of the molecule is CC(N)C(=O)NC(CO)C(=O)NC(CC(=O)O)C(=O)NC(C(=O)O)C(C)O. The van der Waals surface area contributed by atoms with E-state index in [-0.39, 0.29) is 0 Å². The van der Waals surface area contributed by atoms with Crippen molar-refractivity contribution in [1.29, 1.82) is 0 Å². The van der Waals surface area contributed by atoms with Gasteiger partial charge >= 0.3 is 11.9 Å². The fourth-order valence-electron chi connectivity index (χ4n) is 1.80. The van der Waals surface area contributed by atoms with Crippen LogP contribution in [-0.2, 0) is 24.0 Å². The second-order valence-corrected chi connectivity index (χ2v) is 5.76. The van der Waals surface area contributed by atoms with Crippen molar-refractivity contribution in [2.24, 2.45) is 5.73 Å². The molecule has 0 aromatic carbocycles. The molecule has 5 unspecified atom stereocenters. The minimum Gasteiger partial charge on any atom is -0.481 e. The van der Waals surface area contributed by atoms with Crippen LogP contribution in [0.15, 0.2) is 0 Å². The van der Waals surface area contributed by atoms with Gasteiger partial charge in [0.15, 0.2) is 6.04 Å². The minimum absolute atomic E-state index is 0.775. The maximum atomic E-state index is 12.1. The van der Waals surface area contributed by atoms with Crippen LogP contribution in [0.25, 0.3) is 0 Å². The predicted octanol–water partition coefficient (Wildman–Crippen LogP) is -4.28. The largest absolute Gasteiger partial charge is 0.481 e. The third kappa shape index (κ3) is 8.44. The standard InChI is InChI=1S/C14H24N4O9/c1-5(15)11(23)17-8(4-19)13(25)16-7(3-9(21)22)12(24)18-10(6(2)20)14(26)27/h5-8,10,19-20H,3-4,15H2,1-2H3,(H,16,25)(H,17,23)(H,18,24)(H,21,22)(H,26,27). The molecule has 3 amide bonds. The first-order chi connectivity index (χ1) is 12.4. The Hall–Kier alpha value is -2.77. The number of aliphatic hydroxyl groups is 2. The van der Waals surface area contributed by atoms with E-state index in [0.29, 0.717) is 0 Å². The van der Waals surface area contributed by atoms with Crippen molar-refractivity contribution >= 4 is 29.7 Å². The second-order valence-electron chi connectivity index (χ2n) is 5.76. The van der Waals surface area contributed by atoms with Gasteiger partial charge in [-0.15, -0.1) is 0 Å². The maximum Gasteiger partial charge on any atom is 0.328 e. The summed E-state index contributed by atoms with van der Waals surface area (Å²) in [6.45, 7) is 1.55. The molecule has 0 aliphatic rings. The van der Waals surface area contributed by atoms with Gasteiger partial charge in [0, 0.05) is 0 Å². The molecule has 154 valence electrons. The molecular weight excluding hydrogens is 368 g/mol. The number of carboxylic acid groups (broad SMARTS) is 2. The van der Waals surface area contributed by atoms with Crippen LogP contribution in [0, 0.1) is 0 Å². The van der Waals surface area contributed by atoms with Crippen molar-refractivity contribution in [1.82, 2.24) is 16.0 Å². The predicted molar refractivity (Wildman–Crippen MR) is 88.1 cm³/mol. The quantitative estimate of drug-likeness (QED) is 0.169. The van der Waals surface area contributed by atoms with Crippen molar-refractivity contribution in [3.63, 3.8) is 0 Å². The van der Waals surface area contributed by atoms with Gasteiger partial charge < -0.3 is 42.1 Å². The molecule has 9 N–H and O–H groups in total. The summed E-state index contributed by atoms with van der Waals surface area (Å²) >= 11 is 0. The molecule has 5 atom stereocenters. The summed E-state index contributed by atoms with van der Waals surface area (Å²) in [5.41, 5.74) is 5.32. The first-order valence-electron chi connectivity index (χ1n) is 7.80. The number of amides is 3. The molecule has 0 aliphatic heterocycles. The number of aliphatic carboxylic acids is 2. The molecule has 0 aromatic rings. The van der Waals surface area contributed by atoms with Crippen molar-refractivity contribution in [2.45, 2.75) is 50.5 Å². The van der Waals surface area contributed by atoms with Gasteiger partial charge in [-0.1, -0.05) is 0 Å². The Bertz CT molecular complexity index is 579. The van der Waals surface area contributed by atoms with E-state index < -0.39 is 73.0 Å². The van der Waals surface area contributed by atoms with E-state index in [1.807, 2.05) is 10.6 Å². The van der Waals surface area contributed by atoms with Crippen molar-refractivity contribution < 1.29 is 44.4 Å². The number of carbonyl (C=O) groups excluding carboxylic acids is 3. The summed E-state index contributed by atoms with van der Waals surface area (Å²) in [5.74, 6) is -6.11. The van der Waals surface area contributed by atoms with Gasteiger partial charge in [0.2, 0.25) is 17.7 Å². The number of rotatable bonds is 11. The molecule has 0 saturated heterocycles. The van der Waals surface area contributed by atoms with E-state index in [0.717, 1.165) is 6.92 Å². The van der Waals surface area contributed by atoms with Crippen LogP contribution in [0.5, 0.6) is 0 Å². The summed E-state index contributed by atoms with van der Waals surface area (Å²) in [6.07, 6.45) is -2.41. The Labute approximate surface area is 153 Å². The lowest BCUT2D eigenvalue weighted by molar-refractivity contribution is -0.146. The highest BCUT2D eigenvalue weighted by molar-refractivity contribution is 5.95. The molecule has 27 heavy (non-hydrogen) atoms. The van der Waals surface area contributed by atoms with Crippen LogP contribution in [-0.4, -0.2) is 87.0 Å². The molecule has 0 fully saturated rings. The van der Waals surface area contributed by atoms with Gasteiger partial charge in [-0.3, -0.25) is 19.2 Å². The lowest BCUT2D eigenvalue weighted by Crippen LogP contribution is -2.59. The average Bonchev–Trinajstić information content (AvgIpc) is 2.54. The third-order valence-electron chi connectivity index (χ3n) is 3.29. The van der Waals surface area contributed by atoms with Crippen LogP contribution in [0.4, 0.5) is 0 Å². The van der Waals surface area contributed by atoms with Crippen LogP contribution >= 0.6 is 0 Å². The van der Waals surface area contributed by atoms with E-state index >= 15 is 0 Å². The van der Waals surface area contributed by atoms with E-state index in [2.05, 4.69) is 5.32 Å². The Morgan fingerprint density at radius 3 is 1.74 bits per heavy atom. The molecule has 0 rings (SSSR count). The number of carbonyl (C=O) groups is 5. The van der Waals surface area contributed by atoms with Gasteiger partial charge in [0.05, 0.1) is 25.2 Å². The van der Waals surface area contributed by atoms with Crippen LogP contribution in [0.3, 0.4) is 0 Å². The molecular formula is C14H24N4O9. The van der Waals surface area contributed by atoms with Crippen LogP contribution in [0.1, 0.15) is 20.3 Å². The number of hydrogen-bond donors (Lipinski definition) is 8. The lowest BCUT2D eigenvalue weighted by atomic mass is 10.1. The summed E-state index contributed by atoms with van der Waals surface area (Å²) < 4.78 is 0. The molecule has 0 bridgehead atoms. The number of hydrogen-bond acceptors (Lipinski definition) is 8. The zero-order valence-corrected chi connectivity index (χ0v) is 14.7. The van der Waals surface area contributed by atoms with Crippen molar-refractivity contribution in [3.8, 4) is 0 Å². The molecule has 0 heterocycles. The van der Waals surface area contributed by atoms with Gasteiger partial charge in [-0.25, -0.2) is 4.79 Å². The van der Waals surface area contributed by atoms with Crippen molar-refractivity contribution in [3.05, 3.63) is 0 Å². The number of nitrogens with one attached hydrogen (secondary N) is 3. The molecule has 13 nitrogen and oxygen atoms in total. The zero-order valence-electron chi connectivity index (χ0n) is 14.7. The highest BCUT2D eigenvalue weighted by atomic mass is 16.4. The molecule has 0 aromatic heterocycles. The van der Waals surface area contributed by atoms with Crippen LogP contribution in [0.2, 0.25) is 0 Å². The summed E-state index contributed by atoms with van der Waals surface area (Å²) in [4.78, 5) is 57.7. The smallest absolute Gasteiger partial charge is 0.328 e. The van der Waals surface area contributed by atoms with Gasteiger partial charge in [-0.05, 0) is 13.8 Å². The molecule has 13 heteroatoms. The molecule has 0 spiro atoms. The first kappa shape index (κ1) is 24.2. The number of nitrogens with two attached hydrogens (primary N) is 1. The average molecular weight is 392 g/mol. The Morgan fingerprint density at radius 1 is 0.889 bits per heavy atom. The first-order valence-corrected chi connectivity index (χ1v) is 7.80. The van der Waals surface area contributed by atoms with Gasteiger partial charge in [-0.2, -0.15) is 0 Å². The third-order valence-corrected chi connectivity index (χ3v) is 3.29. The lowest BCUT2D eigenvalue weighted by Gasteiger charge is -2.24. The Kier molecular flexibility index (Phi) is 9.92. The zero-order chi connectivity index (χ0) is 21.3.